The number of Topliss-reactive ketones (excluding diaryl/α,β-unsaturated/α-hetero) is 1. The van der Waals surface area contributed by atoms with Crippen LogP contribution in [0, 0.1) is 18.8 Å². The van der Waals surface area contributed by atoms with Gasteiger partial charge >= 0.3 is 6.09 Å². The van der Waals surface area contributed by atoms with Gasteiger partial charge in [-0.25, -0.2) is 4.79 Å². The zero-order valence-corrected chi connectivity index (χ0v) is 25.5. The lowest BCUT2D eigenvalue weighted by molar-refractivity contribution is 0.0485. The number of alkyl carbamates (subject to hydrolysis) is 1. The number of piperidine rings is 1. The van der Waals surface area contributed by atoms with E-state index in [1.807, 2.05) is 62.1 Å². The molecule has 2 aliphatic carbocycles. The summed E-state index contributed by atoms with van der Waals surface area (Å²) in [6, 6.07) is 13.6. The van der Waals surface area contributed by atoms with Gasteiger partial charge in [0.25, 0.3) is 5.91 Å². The molecule has 224 valence electrons. The molecular formula is C35H39N3O5. The number of ether oxygens (including phenoxy) is 1. The number of hydrogen-bond acceptors (Lipinski definition) is 5. The summed E-state index contributed by atoms with van der Waals surface area (Å²) in [5.74, 6) is 1.66. The molecule has 7 rings (SSSR count). The van der Waals surface area contributed by atoms with Crippen LogP contribution < -0.4 is 5.32 Å². The SMILES string of the molecule is CC(=O)c1ccc2cc(-c3oc4cc(C(=O)N5CC6CCC5[C@@H]6NC(=O)OC(C)(C)C)ccc4c3C)n(CC3CC3)c2c1. The smallest absolute Gasteiger partial charge is 0.407 e. The Kier molecular flexibility index (Phi) is 6.45. The lowest BCUT2D eigenvalue weighted by Gasteiger charge is -2.28. The quantitative estimate of drug-likeness (QED) is 0.245. The number of likely N-dealkylation sites (tertiary alicyclic amines) is 1. The largest absolute Gasteiger partial charge is 0.454 e. The van der Waals surface area contributed by atoms with Crippen molar-refractivity contribution in [3.05, 3.63) is 59.2 Å². The van der Waals surface area contributed by atoms with Gasteiger partial charge in [-0.15, -0.1) is 0 Å². The van der Waals surface area contributed by atoms with E-state index in [0.717, 1.165) is 52.7 Å². The van der Waals surface area contributed by atoms with Gasteiger partial charge in [-0.2, -0.15) is 0 Å². The number of fused-ring (bicyclic) bond motifs is 4. The van der Waals surface area contributed by atoms with Crippen LogP contribution in [0.5, 0.6) is 0 Å². The third-order valence-electron chi connectivity index (χ3n) is 9.40. The molecule has 1 aliphatic heterocycles. The molecule has 43 heavy (non-hydrogen) atoms. The first-order chi connectivity index (χ1) is 20.5. The second kappa shape index (κ2) is 10.00. The van der Waals surface area contributed by atoms with Gasteiger partial charge in [0, 0.05) is 46.1 Å². The number of benzene rings is 2. The minimum absolute atomic E-state index is 0.0414. The van der Waals surface area contributed by atoms with Gasteiger partial charge in [0.15, 0.2) is 11.5 Å². The topological polar surface area (TPSA) is 93.8 Å². The number of hydrogen-bond donors (Lipinski definition) is 1. The normalized spacial score (nSPS) is 21.6. The van der Waals surface area contributed by atoms with Crippen LogP contribution >= 0.6 is 0 Å². The Morgan fingerprint density at radius 1 is 1.00 bits per heavy atom. The van der Waals surface area contributed by atoms with Crippen LogP contribution in [-0.2, 0) is 11.3 Å². The zero-order valence-electron chi connectivity index (χ0n) is 25.5. The number of rotatable bonds is 6. The first-order valence-corrected chi connectivity index (χ1v) is 15.4. The molecule has 1 N–H and O–H groups in total. The van der Waals surface area contributed by atoms with Crippen molar-refractivity contribution in [2.75, 3.05) is 6.54 Å². The number of carbonyl (C=O) groups excluding carboxylic acids is 3. The highest BCUT2D eigenvalue weighted by Crippen LogP contribution is 2.41. The standard InChI is InChI=1S/C35H39N3O5/c1-19-26-12-10-24(33(40)38-18-25-11-13-27(38)31(25)36-34(41)43-35(3,4)5)16-30(26)42-32(19)29-15-23-9-8-22(20(2)39)14-28(23)37(29)17-21-6-7-21/h8-10,12,14-16,21,25,27,31H,6-7,11,13,17-18H2,1-5H3,(H,36,41)/t25?,27?,31-/m1/s1. The molecule has 0 radical (unpaired) electrons. The summed E-state index contributed by atoms with van der Waals surface area (Å²) in [7, 11) is 0. The third-order valence-corrected chi connectivity index (χ3v) is 9.40. The van der Waals surface area contributed by atoms with E-state index in [9.17, 15) is 14.4 Å². The lowest BCUT2D eigenvalue weighted by atomic mass is 10.1. The number of ketones is 1. The number of carbonyl (C=O) groups is 3. The van der Waals surface area contributed by atoms with E-state index >= 15 is 0 Å². The maximum absolute atomic E-state index is 13.8. The predicted octanol–water partition coefficient (Wildman–Crippen LogP) is 7.10. The Balaban J connectivity index is 1.19. The molecule has 3 atom stereocenters. The first-order valence-electron chi connectivity index (χ1n) is 15.4. The molecule has 0 spiro atoms. The fourth-order valence-electron chi connectivity index (χ4n) is 7.08. The van der Waals surface area contributed by atoms with E-state index in [-0.39, 0.29) is 29.7 Å². The average molecular weight is 582 g/mol. The fourth-order valence-corrected chi connectivity index (χ4v) is 7.08. The lowest BCUT2D eigenvalue weighted by Crippen LogP contribution is -2.46. The van der Waals surface area contributed by atoms with Crippen LogP contribution in [0.4, 0.5) is 4.79 Å². The molecule has 3 fully saturated rings. The molecular weight excluding hydrogens is 542 g/mol. The van der Waals surface area contributed by atoms with E-state index < -0.39 is 11.7 Å². The van der Waals surface area contributed by atoms with Gasteiger partial charge < -0.3 is 23.9 Å². The molecule has 2 aromatic carbocycles. The molecule has 2 unspecified atom stereocenters. The number of aromatic nitrogens is 1. The van der Waals surface area contributed by atoms with Crippen molar-refractivity contribution in [1.82, 2.24) is 14.8 Å². The van der Waals surface area contributed by atoms with Crippen molar-refractivity contribution in [2.24, 2.45) is 11.8 Å². The van der Waals surface area contributed by atoms with Crippen molar-refractivity contribution in [3.8, 4) is 11.5 Å². The van der Waals surface area contributed by atoms with Crippen LogP contribution in [0.3, 0.4) is 0 Å². The van der Waals surface area contributed by atoms with E-state index in [2.05, 4.69) is 22.9 Å². The minimum Gasteiger partial charge on any atom is -0.454 e. The highest BCUT2D eigenvalue weighted by molar-refractivity contribution is 6.01. The Morgan fingerprint density at radius 2 is 1.77 bits per heavy atom. The van der Waals surface area contributed by atoms with E-state index in [1.54, 1.807) is 6.92 Å². The average Bonchev–Trinajstić information content (AvgIpc) is 3.31. The van der Waals surface area contributed by atoms with Crippen molar-refractivity contribution in [1.29, 1.82) is 0 Å². The summed E-state index contributed by atoms with van der Waals surface area (Å²) in [6.45, 7) is 10.7. The van der Waals surface area contributed by atoms with Gasteiger partial charge in [-0.05, 0) is 96.4 Å². The molecule has 2 aromatic heterocycles. The summed E-state index contributed by atoms with van der Waals surface area (Å²) in [5.41, 5.74) is 4.47. The van der Waals surface area contributed by atoms with Crippen LogP contribution in [0.2, 0.25) is 0 Å². The first kappa shape index (κ1) is 27.7. The van der Waals surface area contributed by atoms with Gasteiger partial charge in [-0.3, -0.25) is 9.59 Å². The van der Waals surface area contributed by atoms with Gasteiger partial charge in [0.1, 0.15) is 11.2 Å². The molecule has 3 heterocycles. The zero-order chi connectivity index (χ0) is 30.2. The minimum atomic E-state index is -0.573. The number of furan rings is 1. The number of amides is 2. The van der Waals surface area contributed by atoms with Crippen LogP contribution in [0.25, 0.3) is 33.3 Å². The van der Waals surface area contributed by atoms with Crippen molar-refractivity contribution < 1.29 is 23.5 Å². The number of aryl methyl sites for hydroxylation is 1. The van der Waals surface area contributed by atoms with Crippen molar-refractivity contribution in [3.63, 3.8) is 0 Å². The van der Waals surface area contributed by atoms with Crippen molar-refractivity contribution in [2.45, 2.75) is 84.5 Å². The number of nitrogens with zero attached hydrogens (tertiary/aromatic N) is 2. The fraction of sp³-hybridized carbons (Fsp3) is 0.457. The molecule has 2 bridgehead atoms. The van der Waals surface area contributed by atoms with Crippen molar-refractivity contribution >= 4 is 39.7 Å². The monoisotopic (exact) mass is 581 g/mol. The Labute approximate surface area is 251 Å². The summed E-state index contributed by atoms with van der Waals surface area (Å²) >= 11 is 0. The van der Waals surface area contributed by atoms with Crippen LogP contribution in [0.1, 0.15) is 79.7 Å². The maximum Gasteiger partial charge on any atom is 0.407 e. The molecule has 2 amide bonds. The molecule has 8 nitrogen and oxygen atoms in total. The highest BCUT2D eigenvalue weighted by Gasteiger charge is 2.49. The van der Waals surface area contributed by atoms with Crippen LogP contribution in [-0.4, -0.2) is 51.5 Å². The van der Waals surface area contributed by atoms with Gasteiger partial charge in [0.2, 0.25) is 0 Å². The Bertz CT molecular complexity index is 1790. The van der Waals surface area contributed by atoms with Crippen LogP contribution in [0.15, 0.2) is 46.9 Å². The third kappa shape index (κ3) is 5.00. The van der Waals surface area contributed by atoms with E-state index in [1.165, 1.54) is 12.8 Å². The summed E-state index contributed by atoms with van der Waals surface area (Å²) < 4.78 is 14.3. The Hall–Kier alpha value is -4.07. The molecule has 1 saturated heterocycles. The summed E-state index contributed by atoms with van der Waals surface area (Å²) in [4.78, 5) is 40.3. The summed E-state index contributed by atoms with van der Waals surface area (Å²) in [6.07, 6.45) is 3.84. The second-order valence-electron chi connectivity index (χ2n) is 13.7. The molecule has 4 aromatic rings. The van der Waals surface area contributed by atoms with E-state index in [4.69, 9.17) is 9.15 Å². The molecule has 8 heteroatoms. The Morgan fingerprint density at radius 3 is 2.49 bits per heavy atom. The molecule has 2 saturated carbocycles. The number of nitrogens with one attached hydrogen (secondary N) is 1. The second-order valence-corrected chi connectivity index (χ2v) is 13.7. The summed E-state index contributed by atoms with van der Waals surface area (Å²) in [5, 5.41) is 5.10. The highest BCUT2D eigenvalue weighted by atomic mass is 16.6. The maximum atomic E-state index is 13.8. The van der Waals surface area contributed by atoms with E-state index in [0.29, 0.717) is 29.2 Å². The van der Waals surface area contributed by atoms with Gasteiger partial charge in [0.05, 0.1) is 17.8 Å². The van der Waals surface area contributed by atoms with Gasteiger partial charge in [-0.1, -0.05) is 18.2 Å². The molecule has 3 aliphatic rings. The predicted molar refractivity (Wildman–Crippen MR) is 165 cm³/mol.